The van der Waals surface area contributed by atoms with E-state index in [1.165, 1.54) is 14.2 Å². The van der Waals surface area contributed by atoms with Crippen LogP contribution in [0.25, 0.3) is 0 Å². The van der Waals surface area contributed by atoms with E-state index in [9.17, 15) is 9.18 Å². The number of ether oxygens (including phenoxy) is 2. The highest BCUT2D eigenvalue weighted by Crippen LogP contribution is 2.28. The zero-order valence-electron chi connectivity index (χ0n) is 16.2. The molecular weight excluding hydrogens is 367 g/mol. The van der Waals surface area contributed by atoms with E-state index in [2.05, 4.69) is 20.6 Å². The Morgan fingerprint density at radius 1 is 1.18 bits per heavy atom. The summed E-state index contributed by atoms with van der Waals surface area (Å²) in [6.07, 6.45) is 0.665. The van der Waals surface area contributed by atoms with Crippen molar-refractivity contribution in [1.82, 2.24) is 9.97 Å². The van der Waals surface area contributed by atoms with Gasteiger partial charge >= 0.3 is 0 Å². The van der Waals surface area contributed by atoms with Crippen molar-refractivity contribution in [1.29, 1.82) is 0 Å². The summed E-state index contributed by atoms with van der Waals surface area (Å²) in [6, 6.07) is 3.75. The molecule has 2 atom stereocenters. The normalized spacial score (nSPS) is 12.8. The van der Waals surface area contributed by atoms with E-state index in [4.69, 9.17) is 20.9 Å². The van der Waals surface area contributed by atoms with Crippen LogP contribution in [0.3, 0.4) is 0 Å². The molecule has 0 aliphatic rings. The van der Waals surface area contributed by atoms with Crippen LogP contribution in [-0.2, 0) is 0 Å². The molecule has 28 heavy (non-hydrogen) atoms. The van der Waals surface area contributed by atoms with Gasteiger partial charge in [0.25, 0.3) is 5.91 Å². The van der Waals surface area contributed by atoms with Gasteiger partial charge in [0.05, 0.1) is 25.5 Å². The quantitative estimate of drug-likeness (QED) is 0.508. The molecular formula is C18H25FN6O3. The van der Waals surface area contributed by atoms with Crippen LogP contribution in [0.1, 0.15) is 30.6 Å². The van der Waals surface area contributed by atoms with Gasteiger partial charge in [-0.25, -0.2) is 9.37 Å². The van der Waals surface area contributed by atoms with Gasteiger partial charge in [-0.05, 0) is 19.4 Å². The average Bonchev–Trinajstić information content (AvgIpc) is 2.66. The number of halogens is 1. The van der Waals surface area contributed by atoms with Crippen LogP contribution in [-0.4, -0.2) is 42.2 Å². The number of amides is 1. The lowest BCUT2D eigenvalue weighted by Gasteiger charge is -2.22. The molecule has 0 aliphatic heterocycles. The number of rotatable bonds is 9. The fourth-order valence-electron chi connectivity index (χ4n) is 2.55. The minimum absolute atomic E-state index is 0.0374. The van der Waals surface area contributed by atoms with E-state index in [1.54, 1.807) is 12.1 Å². The van der Waals surface area contributed by atoms with Crippen molar-refractivity contribution in [3.63, 3.8) is 0 Å². The Labute approximate surface area is 162 Å². The number of aromatic nitrogens is 2. The second-order valence-corrected chi connectivity index (χ2v) is 6.16. The van der Waals surface area contributed by atoms with Gasteiger partial charge in [-0.15, -0.1) is 0 Å². The Bertz CT molecular complexity index is 824. The minimum Gasteiger partial charge on any atom is -0.481 e. The van der Waals surface area contributed by atoms with Crippen molar-refractivity contribution in [2.75, 3.05) is 24.9 Å². The van der Waals surface area contributed by atoms with Gasteiger partial charge in [0.1, 0.15) is 5.82 Å². The molecule has 0 saturated heterocycles. The minimum atomic E-state index is -0.826. The number of pyridine rings is 2. The van der Waals surface area contributed by atoms with Gasteiger partial charge in [-0.1, -0.05) is 6.92 Å². The van der Waals surface area contributed by atoms with Crippen LogP contribution in [0, 0.1) is 5.82 Å². The smallest absolute Gasteiger partial charge is 0.252 e. The lowest BCUT2D eigenvalue weighted by Crippen LogP contribution is -2.38. The molecule has 1 amide bonds. The zero-order chi connectivity index (χ0) is 20.8. The Hall–Kier alpha value is -3.14. The molecule has 9 nitrogen and oxygen atoms in total. The molecule has 0 fully saturated rings. The van der Waals surface area contributed by atoms with E-state index >= 15 is 0 Å². The van der Waals surface area contributed by atoms with E-state index < -0.39 is 11.7 Å². The molecule has 0 radical (unpaired) electrons. The standard InChI is InChI=1S/C18H25FN6O3/c1-5-13(9(2)20)23-18-12(19)8-11(16(21)26)17(25-18)22-10-6-14(27-3)24-15(7-10)28-4/h6-9,13H,5,20H2,1-4H3,(H2,21,26)(H2,22,23,24,25)/t9-,13+/m0/s1. The SMILES string of the molecule is CC[C@@H](Nc1nc(Nc2cc(OC)nc(OC)c2)c(C(N)=O)cc1F)[C@H](C)N. The predicted octanol–water partition coefficient (Wildman–Crippen LogP) is 2.01. The van der Waals surface area contributed by atoms with Gasteiger partial charge in [0, 0.05) is 24.2 Å². The average molecular weight is 392 g/mol. The van der Waals surface area contributed by atoms with Crippen LogP contribution < -0.4 is 31.6 Å². The molecule has 152 valence electrons. The summed E-state index contributed by atoms with van der Waals surface area (Å²) in [4.78, 5) is 20.1. The number of primary amides is 1. The predicted molar refractivity (Wildman–Crippen MR) is 105 cm³/mol. The van der Waals surface area contributed by atoms with E-state index in [1.807, 2.05) is 13.8 Å². The number of nitrogens with zero attached hydrogens (tertiary/aromatic N) is 2. The van der Waals surface area contributed by atoms with Crippen molar-refractivity contribution in [3.8, 4) is 11.8 Å². The maximum Gasteiger partial charge on any atom is 0.252 e. The molecule has 0 bridgehead atoms. The van der Waals surface area contributed by atoms with E-state index in [0.717, 1.165) is 6.07 Å². The largest absolute Gasteiger partial charge is 0.481 e. The third kappa shape index (κ3) is 4.97. The number of hydrogen-bond acceptors (Lipinski definition) is 8. The second-order valence-electron chi connectivity index (χ2n) is 6.16. The van der Waals surface area contributed by atoms with Crippen LogP contribution in [0.4, 0.5) is 21.7 Å². The highest BCUT2D eigenvalue weighted by atomic mass is 19.1. The van der Waals surface area contributed by atoms with Gasteiger partial charge in [0.15, 0.2) is 11.6 Å². The first-order valence-electron chi connectivity index (χ1n) is 8.68. The first-order valence-corrected chi connectivity index (χ1v) is 8.68. The van der Waals surface area contributed by atoms with Gasteiger partial charge < -0.3 is 31.6 Å². The third-order valence-electron chi connectivity index (χ3n) is 4.10. The van der Waals surface area contributed by atoms with Crippen LogP contribution in [0.5, 0.6) is 11.8 Å². The highest BCUT2D eigenvalue weighted by molar-refractivity contribution is 5.98. The number of nitrogens with one attached hydrogen (secondary N) is 2. The zero-order valence-corrected chi connectivity index (χ0v) is 16.2. The topological polar surface area (TPSA) is 137 Å². The number of carbonyl (C=O) groups is 1. The highest BCUT2D eigenvalue weighted by Gasteiger charge is 2.20. The van der Waals surface area contributed by atoms with Crippen molar-refractivity contribution in [3.05, 3.63) is 29.6 Å². The van der Waals surface area contributed by atoms with Crippen molar-refractivity contribution >= 4 is 23.2 Å². The first-order chi connectivity index (χ1) is 13.3. The summed E-state index contributed by atoms with van der Waals surface area (Å²) < 4.78 is 24.7. The third-order valence-corrected chi connectivity index (χ3v) is 4.10. The molecule has 2 aromatic rings. The van der Waals surface area contributed by atoms with Crippen molar-refractivity contribution in [2.45, 2.75) is 32.4 Å². The fourth-order valence-corrected chi connectivity index (χ4v) is 2.55. The number of nitrogens with two attached hydrogens (primary N) is 2. The first kappa shape index (κ1) is 21.2. The fraction of sp³-hybridized carbons (Fsp3) is 0.389. The lowest BCUT2D eigenvalue weighted by atomic mass is 10.1. The van der Waals surface area contributed by atoms with Crippen molar-refractivity contribution < 1.29 is 18.7 Å². The maximum absolute atomic E-state index is 14.5. The molecule has 6 N–H and O–H groups in total. The molecule has 0 unspecified atom stereocenters. The Morgan fingerprint density at radius 3 is 2.25 bits per heavy atom. The Kier molecular flexibility index (Phi) is 6.94. The summed E-state index contributed by atoms with van der Waals surface area (Å²) >= 11 is 0. The second kappa shape index (κ2) is 9.18. The molecule has 0 aliphatic carbocycles. The number of carbonyl (C=O) groups excluding carboxylic acids is 1. The van der Waals surface area contributed by atoms with Gasteiger partial charge in [-0.3, -0.25) is 4.79 Å². The van der Waals surface area contributed by atoms with Crippen LogP contribution >= 0.6 is 0 Å². The lowest BCUT2D eigenvalue weighted by molar-refractivity contribution is 0.100. The Balaban J connectivity index is 2.47. The summed E-state index contributed by atoms with van der Waals surface area (Å²) in [5.74, 6) is -0.927. The van der Waals surface area contributed by atoms with E-state index in [0.29, 0.717) is 12.1 Å². The molecule has 10 heteroatoms. The molecule has 2 aromatic heterocycles. The summed E-state index contributed by atoms with van der Waals surface area (Å²) in [5, 5.41) is 5.91. The molecule has 0 aromatic carbocycles. The molecule has 2 rings (SSSR count). The maximum atomic E-state index is 14.5. The molecule has 0 spiro atoms. The van der Waals surface area contributed by atoms with Crippen LogP contribution in [0.2, 0.25) is 0 Å². The molecule has 0 saturated carbocycles. The number of anilines is 3. The molecule has 2 heterocycles. The summed E-state index contributed by atoms with van der Waals surface area (Å²) in [6.45, 7) is 3.73. The number of methoxy groups -OCH3 is 2. The summed E-state index contributed by atoms with van der Waals surface area (Å²) in [5.41, 5.74) is 11.7. The van der Waals surface area contributed by atoms with Crippen molar-refractivity contribution in [2.24, 2.45) is 11.5 Å². The monoisotopic (exact) mass is 392 g/mol. The summed E-state index contributed by atoms with van der Waals surface area (Å²) in [7, 11) is 2.91. The Morgan fingerprint density at radius 2 is 1.79 bits per heavy atom. The van der Waals surface area contributed by atoms with Crippen LogP contribution in [0.15, 0.2) is 18.2 Å². The number of hydrogen-bond donors (Lipinski definition) is 4. The van der Waals surface area contributed by atoms with Gasteiger partial charge in [0.2, 0.25) is 11.8 Å². The van der Waals surface area contributed by atoms with E-state index in [-0.39, 0.29) is 41.0 Å². The van der Waals surface area contributed by atoms with Gasteiger partial charge in [-0.2, -0.15) is 4.98 Å².